The van der Waals surface area contributed by atoms with Gasteiger partial charge in [-0.15, -0.1) is 0 Å². The average molecular weight is 316 g/mol. The second-order valence-electron chi connectivity index (χ2n) is 6.00. The van der Waals surface area contributed by atoms with Gasteiger partial charge in [-0.05, 0) is 45.2 Å². The summed E-state index contributed by atoms with van der Waals surface area (Å²) in [5, 5.41) is 10.7. The van der Waals surface area contributed by atoms with Crippen molar-refractivity contribution in [1.82, 2.24) is 20.4 Å². The smallest absolute Gasteiger partial charge is 0.271 e. The molecular weight excluding hydrogens is 292 g/mol. The molecule has 0 saturated heterocycles. The quantitative estimate of drug-likeness (QED) is 0.882. The first-order chi connectivity index (χ1) is 11.1. The highest BCUT2D eigenvalue weighted by molar-refractivity contribution is 5.93. The van der Waals surface area contributed by atoms with Crippen molar-refractivity contribution in [1.29, 1.82) is 0 Å². The van der Waals surface area contributed by atoms with Crippen LogP contribution in [-0.2, 0) is 25.9 Å². The van der Waals surface area contributed by atoms with Crippen molar-refractivity contribution in [2.75, 3.05) is 7.05 Å². The van der Waals surface area contributed by atoms with Gasteiger partial charge in [-0.3, -0.25) is 9.48 Å². The number of nitrogens with one attached hydrogen (secondary N) is 2. The molecule has 0 aliphatic heterocycles. The molecule has 0 aromatic carbocycles. The Kier molecular flexibility index (Phi) is 4.52. The normalized spacial score (nSPS) is 17.1. The van der Waals surface area contributed by atoms with Gasteiger partial charge < -0.3 is 15.1 Å². The number of hydrogen-bond donors (Lipinski definition) is 2. The van der Waals surface area contributed by atoms with Gasteiger partial charge in [-0.25, -0.2) is 0 Å². The molecule has 2 heterocycles. The standard InChI is InChI=1S/C17H24N4O2/c1-4-21-15-8-6-12(19-10-13-7-5-11(2)23-13)9-14(15)16(20-21)17(22)18-3/h5,7,12,19H,4,6,8-10H2,1-3H3,(H,18,22). The highest BCUT2D eigenvalue weighted by atomic mass is 16.3. The van der Waals surface area contributed by atoms with Crippen LogP contribution in [0, 0.1) is 6.92 Å². The molecule has 2 aromatic heterocycles. The largest absolute Gasteiger partial charge is 0.465 e. The second kappa shape index (κ2) is 6.58. The fourth-order valence-electron chi connectivity index (χ4n) is 3.25. The van der Waals surface area contributed by atoms with Crippen molar-refractivity contribution >= 4 is 5.91 Å². The summed E-state index contributed by atoms with van der Waals surface area (Å²) in [5.41, 5.74) is 2.87. The monoisotopic (exact) mass is 316 g/mol. The number of furan rings is 1. The Morgan fingerprint density at radius 3 is 2.96 bits per heavy atom. The van der Waals surface area contributed by atoms with Gasteiger partial charge in [0.25, 0.3) is 5.91 Å². The molecule has 6 nitrogen and oxygen atoms in total. The van der Waals surface area contributed by atoms with E-state index in [1.807, 2.05) is 23.7 Å². The number of hydrogen-bond acceptors (Lipinski definition) is 4. The summed E-state index contributed by atoms with van der Waals surface area (Å²) >= 11 is 0. The molecule has 1 amide bonds. The van der Waals surface area contributed by atoms with Gasteiger partial charge in [0.15, 0.2) is 5.69 Å². The zero-order chi connectivity index (χ0) is 16.4. The van der Waals surface area contributed by atoms with E-state index in [0.717, 1.165) is 42.9 Å². The maximum absolute atomic E-state index is 12.1. The van der Waals surface area contributed by atoms with Gasteiger partial charge in [0, 0.05) is 30.9 Å². The summed E-state index contributed by atoms with van der Waals surface area (Å²) in [6, 6.07) is 4.32. The Morgan fingerprint density at radius 1 is 1.48 bits per heavy atom. The topological polar surface area (TPSA) is 72.1 Å². The Hall–Kier alpha value is -2.08. The zero-order valence-electron chi connectivity index (χ0n) is 14.0. The van der Waals surface area contributed by atoms with Crippen molar-refractivity contribution in [3.05, 3.63) is 40.6 Å². The van der Waals surface area contributed by atoms with Crippen molar-refractivity contribution in [3.63, 3.8) is 0 Å². The lowest BCUT2D eigenvalue weighted by molar-refractivity contribution is 0.0956. The molecule has 2 N–H and O–H groups in total. The predicted molar refractivity (Wildman–Crippen MR) is 87.4 cm³/mol. The molecular formula is C17H24N4O2. The van der Waals surface area contributed by atoms with Crippen LogP contribution < -0.4 is 10.6 Å². The van der Waals surface area contributed by atoms with Crippen molar-refractivity contribution in [2.45, 2.75) is 52.2 Å². The molecule has 1 unspecified atom stereocenters. The van der Waals surface area contributed by atoms with Crippen LogP contribution in [0.15, 0.2) is 16.5 Å². The molecule has 1 atom stereocenters. The van der Waals surface area contributed by atoms with Crippen LogP contribution in [0.5, 0.6) is 0 Å². The molecule has 6 heteroatoms. The Labute approximate surface area is 136 Å². The highest BCUT2D eigenvalue weighted by Crippen LogP contribution is 2.25. The summed E-state index contributed by atoms with van der Waals surface area (Å²) in [6.07, 6.45) is 2.82. The third-order valence-electron chi connectivity index (χ3n) is 4.45. The van der Waals surface area contributed by atoms with E-state index in [-0.39, 0.29) is 5.91 Å². The molecule has 0 saturated carbocycles. The van der Waals surface area contributed by atoms with E-state index in [1.165, 1.54) is 5.69 Å². The van der Waals surface area contributed by atoms with Crippen LogP contribution in [0.2, 0.25) is 0 Å². The van der Waals surface area contributed by atoms with E-state index in [4.69, 9.17) is 4.42 Å². The number of amides is 1. The lowest BCUT2D eigenvalue weighted by atomic mass is 9.91. The van der Waals surface area contributed by atoms with Crippen LogP contribution in [0.4, 0.5) is 0 Å². The summed E-state index contributed by atoms with van der Waals surface area (Å²) < 4.78 is 7.57. The number of aromatic nitrogens is 2. The number of carbonyl (C=O) groups is 1. The Bertz CT molecular complexity index is 702. The van der Waals surface area contributed by atoms with Gasteiger partial charge in [-0.1, -0.05) is 0 Å². The molecule has 0 radical (unpaired) electrons. The zero-order valence-corrected chi connectivity index (χ0v) is 14.0. The average Bonchev–Trinajstić information content (AvgIpc) is 3.15. The lowest BCUT2D eigenvalue weighted by Gasteiger charge is -2.24. The molecule has 1 aliphatic carbocycles. The maximum atomic E-state index is 12.1. The van der Waals surface area contributed by atoms with Gasteiger partial charge in [-0.2, -0.15) is 5.10 Å². The minimum absolute atomic E-state index is 0.101. The summed E-state index contributed by atoms with van der Waals surface area (Å²) in [6.45, 7) is 5.52. The predicted octanol–water partition coefficient (Wildman–Crippen LogP) is 1.81. The first kappa shape index (κ1) is 15.8. The third-order valence-corrected chi connectivity index (χ3v) is 4.45. The van der Waals surface area contributed by atoms with Gasteiger partial charge >= 0.3 is 0 Å². The fraction of sp³-hybridized carbons (Fsp3) is 0.529. The summed E-state index contributed by atoms with van der Waals surface area (Å²) in [7, 11) is 1.65. The SMILES string of the molecule is CCn1nc(C(=O)NC)c2c1CCC(NCc1ccc(C)o1)C2. The molecule has 0 spiro atoms. The number of rotatable bonds is 5. The molecule has 23 heavy (non-hydrogen) atoms. The summed E-state index contributed by atoms with van der Waals surface area (Å²) in [4.78, 5) is 12.1. The number of fused-ring (bicyclic) bond motifs is 1. The highest BCUT2D eigenvalue weighted by Gasteiger charge is 2.28. The maximum Gasteiger partial charge on any atom is 0.271 e. The van der Waals surface area contributed by atoms with E-state index >= 15 is 0 Å². The van der Waals surface area contributed by atoms with Crippen LogP contribution in [0.3, 0.4) is 0 Å². The van der Waals surface area contributed by atoms with Crippen LogP contribution in [0.25, 0.3) is 0 Å². The van der Waals surface area contributed by atoms with Crippen molar-refractivity contribution in [2.24, 2.45) is 0 Å². The summed E-state index contributed by atoms with van der Waals surface area (Å²) in [5.74, 6) is 1.78. The van der Waals surface area contributed by atoms with Gasteiger partial charge in [0.05, 0.1) is 6.54 Å². The third kappa shape index (κ3) is 3.17. The number of carbonyl (C=O) groups excluding carboxylic acids is 1. The first-order valence-corrected chi connectivity index (χ1v) is 8.21. The second-order valence-corrected chi connectivity index (χ2v) is 6.00. The number of nitrogens with zero attached hydrogens (tertiary/aromatic N) is 2. The van der Waals surface area contributed by atoms with Gasteiger partial charge in [0.2, 0.25) is 0 Å². The van der Waals surface area contributed by atoms with Crippen molar-refractivity contribution in [3.8, 4) is 0 Å². The van der Waals surface area contributed by atoms with E-state index in [9.17, 15) is 4.79 Å². The fourth-order valence-corrected chi connectivity index (χ4v) is 3.25. The van der Waals surface area contributed by atoms with E-state index in [2.05, 4.69) is 22.7 Å². The molecule has 0 fully saturated rings. The number of aryl methyl sites for hydroxylation is 2. The first-order valence-electron chi connectivity index (χ1n) is 8.21. The molecule has 124 valence electrons. The van der Waals surface area contributed by atoms with E-state index in [1.54, 1.807) is 7.05 Å². The minimum Gasteiger partial charge on any atom is -0.465 e. The van der Waals surface area contributed by atoms with E-state index < -0.39 is 0 Å². The van der Waals surface area contributed by atoms with Crippen molar-refractivity contribution < 1.29 is 9.21 Å². The Balaban J connectivity index is 1.73. The molecule has 0 bridgehead atoms. The van der Waals surface area contributed by atoms with Gasteiger partial charge in [0.1, 0.15) is 11.5 Å². The van der Waals surface area contributed by atoms with Crippen LogP contribution in [-0.4, -0.2) is 28.8 Å². The Morgan fingerprint density at radius 2 is 2.30 bits per heavy atom. The molecule has 2 aromatic rings. The lowest BCUT2D eigenvalue weighted by Crippen LogP contribution is -2.35. The van der Waals surface area contributed by atoms with Crippen LogP contribution in [0.1, 0.15) is 46.6 Å². The minimum atomic E-state index is -0.101. The van der Waals surface area contributed by atoms with E-state index in [0.29, 0.717) is 18.3 Å². The molecule has 3 rings (SSSR count). The molecule has 1 aliphatic rings. The van der Waals surface area contributed by atoms with Crippen LogP contribution >= 0.6 is 0 Å².